The second kappa shape index (κ2) is 10.8. The second-order valence-electron chi connectivity index (χ2n) is 8.13. The van der Waals surface area contributed by atoms with Gasteiger partial charge in [0.15, 0.2) is 24.1 Å². The first-order valence-electron chi connectivity index (χ1n) is 10.3. The molecule has 1 aromatic rings. The molecular formula is C20H30O13. The summed E-state index contributed by atoms with van der Waals surface area (Å²) in [6, 6.07) is 3.64. The maximum atomic E-state index is 10.2. The van der Waals surface area contributed by atoms with E-state index < -0.39 is 86.5 Å². The predicted octanol–water partition coefficient (Wildman–Crippen LogP) is -3.20. The van der Waals surface area contributed by atoms with Gasteiger partial charge in [0.1, 0.15) is 48.8 Å². The quantitative estimate of drug-likeness (QED) is 0.177. The largest absolute Gasteiger partial charge is 0.504 e. The number of aliphatic hydroxyl groups excluding tert-OH is 7. The van der Waals surface area contributed by atoms with Crippen molar-refractivity contribution in [1.82, 2.24) is 0 Å². The first kappa shape index (κ1) is 26.0. The lowest BCUT2D eigenvalue weighted by Crippen LogP contribution is -2.61. The highest BCUT2D eigenvalue weighted by atomic mass is 16.7. The van der Waals surface area contributed by atoms with Gasteiger partial charge in [0.05, 0.1) is 19.3 Å². The van der Waals surface area contributed by atoms with Crippen LogP contribution in [0.4, 0.5) is 0 Å². The molecule has 0 spiro atoms. The zero-order valence-corrected chi connectivity index (χ0v) is 17.7. The van der Waals surface area contributed by atoms with Crippen molar-refractivity contribution in [2.24, 2.45) is 0 Å². The number of rotatable bonds is 7. The Hall–Kier alpha value is -1.62. The molecule has 0 aromatic heterocycles. The summed E-state index contributed by atoms with van der Waals surface area (Å²) < 4.78 is 21.5. The van der Waals surface area contributed by atoms with E-state index in [2.05, 4.69) is 0 Å². The molecule has 0 radical (unpaired) electrons. The molecule has 2 aliphatic heterocycles. The van der Waals surface area contributed by atoms with Gasteiger partial charge in [-0.1, -0.05) is 6.07 Å². The van der Waals surface area contributed by atoms with Crippen LogP contribution in [0.1, 0.15) is 18.6 Å². The summed E-state index contributed by atoms with van der Waals surface area (Å²) >= 11 is 0. The van der Waals surface area contributed by atoms with Crippen molar-refractivity contribution < 1.29 is 64.9 Å². The molecule has 0 aliphatic carbocycles. The zero-order valence-electron chi connectivity index (χ0n) is 17.7. The average molecular weight is 478 g/mol. The molecular weight excluding hydrogens is 448 g/mol. The Kier molecular flexibility index (Phi) is 8.47. The fourth-order valence-corrected chi connectivity index (χ4v) is 3.56. The van der Waals surface area contributed by atoms with Gasteiger partial charge in [0, 0.05) is 0 Å². The van der Waals surface area contributed by atoms with E-state index in [1.54, 1.807) is 0 Å². The topological polar surface area (TPSA) is 219 Å². The van der Waals surface area contributed by atoms with Crippen molar-refractivity contribution in [1.29, 1.82) is 0 Å². The number of phenolic OH excluding ortho intramolecular Hbond substituents is 2. The van der Waals surface area contributed by atoms with Gasteiger partial charge < -0.3 is 64.9 Å². The molecule has 2 heterocycles. The highest BCUT2D eigenvalue weighted by molar-refractivity contribution is 5.41. The Bertz CT molecular complexity index is 778. The van der Waals surface area contributed by atoms with Crippen molar-refractivity contribution in [3.8, 4) is 11.5 Å². The highest BCUT2D eigenvalue weighted by Crippen LogP contribution is 2.29. The van der Waals surface area contributed by atoms with E-state index in [0.29, 0.717) is 0 Å². The third kappa shape index (κ3) is 5.72. The summed E-state index contributed by atoms with van der Waals surface area (Å²) in [4.78, 5) is 0. The Labute approximate surface area is 188 Å². The minimum absolute atomic E-state index is 0.203. The van der Waals surface area contributed by atoms with Crippen LogP contribution in [0.5, 0.6) is 11.5 Å². The zero-order chi connectivity index (χ0) is 24.4. The molecule has 2 saturated heterocycles. The smallest absolute Gasteiger partial charge is 0.186 e. The van der Waals surface area contributed by atoms with Gasteiger partial charge in [0.2, 0.25) is 0 Å². The molecule has 2 fully saturated rings. The lowest BCUT2D eigenvalue weighted by Gasteiger charge is -2.42. The Morgan fingerprint density at radius 1 is 0.788 bits per heavy atom. The van der Waals surface area contributed by atoms with Gasteiger partial charge in [-0.3, -0.25) is 0 Å². The molecule has 3 rings (SSSR count). The Balaban J connectivity index is 1.58. The summed E-state index contributed by atoms with van der Waals surface area (Å²) in [5.74, 6) is -0.823. The first-order chi connectivity index (χ1) is 15.5. The molecule has 0 amide bonds. The highest BCUT2D eigenvalue weighted by Gasteiger charge is 2.47. The van der Waals surface area contributed by atoms with Gasteiger partial charge in [-0.25, -0.2) is 0 Å². The lowest BCUT2D eigenvalue weighted by molar-refractivity contribution is -0.329. The number of hydrogen-bond acceptors (Lipinski definition) is 13. The van der Waals surface area contributed by atoms with Crippen LogP contribution in [-0.2, 0) is 18.9 Å². The van der Waals surface area contributed by atoms with Gasteiger partial charge >= 0.3 is 0 Å². The first-order valence-corrected chi connectivity index (χ1v) is 10.3. The van der Waals surface area contributed by atoms with Crippen molar-refractivity contribution in [2.45, 2.75) is 74.4 Å². The number of benzene rings is 1. The van der Waals surface area contributed by atoms with Gasteiger partial charge in [-0.05, 0) is 24.6 Å². The standard InChI is InChI=1S/C20H30O13/c1-7-13(24)15(26)17(28)19(32-7)31-6-12-14(25)16(27)18(29)20(33-12)30-5-11(23)8-2-3-9(21)10(22)4-8/h2-4,7,11-29H,5-6H2,1H3/t7-,11+,12+,13-,14+,15+,16-,17+,18+,19+,20+/m0/s1. The van der Waals surface area contributed by atoms with Crippen LogP contribution in [0.15, 0.2) is 18.2 Å². The molecule has 0 saturated carbocycles. The summed E-state index contributed by atoms with van der Waals surface area (Å²) in [6.45, 7) is 0.579. The van der Waals surface area contributed by atoms with Gasteiger partial charge in [-0.15, -0.1) is 0 Å². The molecule has 33 heavy (non-hydrogen) atoms. The second-order valence-corrected chi connectivity index (χ2v) is 8.13. The molecule has 13 nitrogen and oxygen atoms in total. The monoisotopic (exact) mass is 478 g/mol. The molecule has 11 atom stereocenters. The van der Waals surface area contributed by atoms with Crippen molar-refractivity contribution in [3.63, 3.8) is 0 Å². The van der Waals surface area contributed by atoms with Crippen LogP contribution in [-0.4, -0.2) is 121 Å². The molecule has 13 heteroatoms. The average Bonchev–Trinajstić information content (AvgIpc) is 2.79. The lowest BCUT2D eigenvalue weighted by atomic mass is 9.98. The summed E-state index contributed by atoms with van der Waals surface area (Å²) in [5.41, 5.74) is 0.203. The van der Waals surface area contributed by atoms with Crippen LogP contribution < -0.4 is 0 Å². The van der Waals surface area contributed by atoms with E-state index in [1.807, 2.05) is 0 Å². The van der Waals surface area contributed by atoms with Crippen LogP contribution >= 0.6 is 0 Å². The van der Waals surface area contributed by atoms with E-state index in [1.165, 1.54) is 19.1 Å². The summed E-state index contributed by atoms with van der Waals surface area (Å²) in [7, 11) is 0. The van der Waals surface area contributed by atoms with Gasteiger partial charge in [-0.2, -0.15) is 0 Å². The Morgan fingerprint density at radius 3 is 2.03 bits per heavy atom. The maximum Gasteiger partial charge on any atom is 0.186 e. The summed E-state index contributed by atoms with van der Waals surface area (Å²) in [6.07, 6.45) is -15.7. The van der Waals surface area contributed by atoms with Crippen molar-refractivity contribution in [3.05, 3.63) is 23.8 Å². The fraction of sp³-hybridized carbons (Fsp3) is 0.700. The van der Waals surface area contributed by atoms with Crippen molar-refractivity contribution in [2.75, 3.05) is 13.2 Å². The molecule has 9 N–H and O–H groups in total. The van der Waals surface area contributed by atoms with E-state index in [9.17, 15) is 46.0 Å². The molecule has 188 valence electrons. The third-order valence-electron chi connectivity index (χ3n) is 5.70. The third-order valence-corrected chi connectivity index (χ3v) is 5.70. The molecule has 2 aliphatic rings. The molecule has 0 unspecified atom stereocenters. The Morgan fingerprint density at radius 2 is 1.39 bits per heavy atom. The minimum atomic E-state index is -1.70. The normalized spacial score (nSPS) is 40.5. The SMILES string of the molecule is C[C@@H]1O[C@@H](OC[C@H]2O[C@@H](OC[C@@H](O)c3ccc(O)c(O)c3)[C@H](O)[C@@H](O)[C@@H]2O)[C@H](O)[C@H](O)[C@H]1O. The van der Waals surface area contributed by atoms with Crippen LogP contribution in [0.3, 0.4) is 0 Å². The van der Waals surface area contributed by atoms with E-state index >= 15 is 0 Å². The predicted molar refractivity (Wildman–Crippen MR) is 106 cm³/mol. The van der Waals surface area contributed by atoms with E-state index in [0.717, 1.165) is 6.07 Å². The number of ether oxygens (including phenoxy) is 4. The van der Waals surface area contributed by atoms with Gasteiger partial charge in [0.25, 0.3) is 0 Å². The van der Waals surface area contributed by atoms with Crippen LogP contribution in [0.25, 0.3) is 0 Å². The van der Waals surface area contributed by atoms with Crippen molar-refractivity contribution >= 4 is 0 Å². The molecule has 0 bridgehead atoms. The number of phenols is 2. The van der Waals surface area contributed by atoms with Crippen LogP contribution in [0.2, 0.25) is 0 Å². The summed E-state index contributed by atoms with van der Waals surface area (Å²) in [5, 5.41) is 89.3. The number of aliphatic hydroxyl groups is 7. The van der Waals surface area contributed by atoms with E-state index in [-0.39, 0.29) is 11.3 Å². The van der Waals surface area contributed by atoms with E-state index in [4.69, 9.17) is 18.9 Å². The maximum absolute atomic E-state index is 10.2. The number of hydrogen-bond donors (Lipinski definition) is 9. The molecule has 1 aromatic carbocycles. The van der Waals surface area contributed by atoms with Crippen LogP contribution in [0, 0.1) is 0 Å². The fourth-order valence-electron chi connectivity index (χ4n) is 3.56. The minimum Gasteiger partial charge on any atom is -0.504 e. The number of aromatic hydroxyl groups is 2.